The highest BCUT2D eigenvalue weighted by Crippen LogP contribution is 2.09. The van der Waals surface area contributed by atoms with Crippen LogP contribution in [0.4, 0.5) is 5.82 Å². The zero-order chi connectivity index (χ0) is 10.4. The standard InChI is InChI=1S/C8H8N4O2/c1-2-14-8(13)6-3-4-7(10-5-6)11-12-9/h3-5H,2H2,1H3. The Bertz CT molecular complexity index is 367. The number of ether oxygens (including phenoxy) is 1. The molecule has 0 radical (unpaired) electrons. The number of azide groups is 1. The van der Waals surface area contributed by atoms with Crippen molar-refractivity contribution in [2.75, 3.05) is 6.61 Å². The number of esters is 1. The number of carbonyl (C=O) groups excluding carboxylic acids is 1. The lowest BCUT2D eigenvalue weighted by molar-refractivity contribution is 0.0526. The fourth-order valence-corrected chi connectivity index (χ4v) is 0.826. The summed E-state index contributed by atoms with van der Waals surface area (Å²) in [4.78, 5) is 17.5. The summed E-state index contributed by atoms with van der Waals surface area (Å²) in [6.07, 6.45) is 1.31. The van der Waals surface area contributed by atoms with Gasteiger partial charge in [-0.2, -0.15) is 0 Å². The summed E-state index contributed by atoms with van der Waals surface area (Å²) >= 11 is 0. The fourth-order valence-electron chi connectivity index (χ4n) is 0.826. The molecule has 0 unspecified atom stereocenters. The van der Waals surface area contributed by atoms with E-state index in [1.165, 1.54) is 18.3 Å². The second-order valence-corrected chi connectivity index (χ2v) is 2.31. The van der Waals surface area contributed by atoms with E-state index in [4.69, 9.17) is 10.3 Å². The van der Waals surface area contributed by atoms with Gasteiger partial charge in [-0.05, 0) is 29.7 Å². The van der Waals surface area contributed by atoms with Crippen LogP contribution in [0, 0.1) is 0 Å². The summed E-state index contributed by atoms with van der Waals surface area (Å²) in [5, 5.41) is 3.27. The highest BCUT2D eigenvalue weighted by atomic mass is 16.5. The fraction of sp³-hybridized carbons (Fsp3) is 0.250. The van der Waals surface area contributed by atoms with Gasteiger partial charge in [0.1, 0.15) is 5.82 Å². The van der Waals surface area contributed by atoms with Crippen molar-refractivity contribution >= 4 is 11.8 Å². The zero-order valence-electron chi connectivity index (χ0n) is 7.54. The molecule has 0 aliphatic heterocycles. The largest absolute Gasteiger partial charge is 0.462 e. The van der Waals surface area contributed by atoms with Gasteiger partial charge in [0.2, 0.25) is 0 Å². The molecule has 6 heteroatoms. The van der Waals surface area contributed by atoms with E-state index in [0.29, 0.717) is 12.2 Å². The molecule has 0 saturated heterocycles. The predicted molar refractivity (Wildman–Crippen MR) is 49.0 cm³/mol. The van der Waals surface area contributed by atoms with Crippen LogP contribution >= 0.6 is 0 Å². The maximum Gasteiger partial charge on any atom is 0.339 e. The van der Waals surface area contributed by atoms with Crippen molar-refractivity contribution in [3.8, 4) is 0 Å². The van der Waals surface area contributed by atoms with Gasteiger partial charge in [-0.25, -0.2) is 4.79 Å². The van der Waals surface area contributed by atoms with E-state index in [1.807, 2.05) is 0 Å². The Kier molecular flexibility index (Phi) is 3.46. The molecular formula is C8H8N4O2. The van der Waals surface area contributed by atoms with Crippen LogP contribution in [0.25, 0.3) is 10.4 Å². The Morgan fingerprint density at radius 1 is 1.71 bits per heavy atom. The molecule has 0 spiro atoms. The molecule has 1 aromatic rings. The van der Waals surface area contributed by atoms with Crippen LogP contribution in [0.5, 0.6) is 0 Å². The van der Waals surface area contributed by atoms with E-state index < -0.39 is 5.97 Å². The molecule has 0 saturated carbocycles. The monoisotopic (exact) mass is 192 g/mol. The number of nitrogens with zero attached hydrogens (tertiary/aromatic N) is 4. The maximum absolute atomic E-state index is 11.1. The smallest absolute Gasteiger partial charge is 0.339 e. The van der Waals surface area contributed by atoms with E-state index >= 15 is 0 Å². The molecule has 14 heavy (non-hydrogen) atoms. The van der Waals surface area contributed by atoms with Crippen LogP contribution in [0.1, 0.15) is 17.3 Å². The first kappa shape index (κ1) is 10.0. The summed E-state index contributed by atoms with van der Waals surface area (Å²) < 4.78 is 4.75. The molecule has 0 aliphatic rings. The van der Waals surface area contributed by atoms with Gasteiger partial charge in [-0.1, -0.05) is 0 Å². The molecule has 1 rings (SSSR count). The van der Waals surface area contributed by atoms with E-state index in [1.54, 1.807) is 6.92 Å². The Morgan fingerprint density at radius 3 is 3.00 bits per heavy atom. The number of hydrogen-bond donors (Lipinski definition) is 0. The van der Waals surface area contributed by atoms with Crippen molar-refractivity contribution in [1.82, 2.24) is 4.98 Å². The second kappa shape index (κ2) is 4.84. The lowest BCUT2D eigenvalue weighted by Crippen LogP contribution is -2.04. The van der Waals surface area contributed by atoms with Crippen molar-refractivity contribution in [2.45, 2.75) is 6.92 Å². The molecule has 72 valence electrons. The van der Waals surface area contributed by atoms with Gasteiger partial charge in [0, 0.05) is 11.1 Å². The summed E-state index contributed by atoms with van der Waals surface area (Å²) in [7, 11) is 0. The minimum atomic E-state index is -0.438. The molecule has 0 bridgehead atoms. The Labute approximate surface area is 80.2 Å². The average Bonchev–Trinajstić information content (AvgIpc) is 2.20. The van der Waals surface area contributed by atoms with Gasteiger partial charge < -0.3 is 4.74 Å². The average molecular weight is 192 g/mol. The van der Waals surface area contributed by atoms with Crippen molar-refractivity contribution in [2.24, 2.45) is 5.11 Å². The van der Waals surface area contributed by atoms with Crippen molar-refractivity contribution in [3.05, 3.63) is 34.3 Å². The van der Waals surface area contributed by atoms with E-state index in [9.17, 15) is 4.79 Å². The molecule has 1 heterocycles. The third-order valence-electron chi connectivity index (χ3n) is 1.41. The first-order valence-corrected chi connectivity index (χ1v) is 3.96. The SMILES string of the molecule is CCOC(=O)c1ccc(N=[N+]=[N-])nc1. The Hall–Kier alpha value is -2.07. The van der Waals surface area contributed by atoms with Crippen molar-refractivity contribution in [3.63, 3.8) is 0 Å². The van der Waals surface area contributed by atoms with Gasteiger partial charge in [0.05, 0.1) is 12.2 Å². The molecule has 6 nitrogen and oxygen atoms in total. The summed E-state index contributed by atoms with van der Waals surface area (Å²) in [6.45, 7) is 2.04. The van der Waals surface area contributed by atoms with Gasteiger partial charge >= 0.3 is 5.97 Å². The highest BCUT2D eigenvalue weighted by molar-refractivity contribution is 5.89. The third-order valence-corrected chi connectivity index (χ3v) is 1.41. The molecule has 0 amide bonds. The highest BCUT2D eigenvalue weighted by Gasteiger charge is 2.05. The molecule has 0 N–H and O–H groups in total. The van der Waals surface area contributed by atoms with Crippen LogP contribution in [0.3, 0.4) is 0 Å². The Balaban J connectivity index is 2.82. The maximum atomic E-state index is 11.1. The predicted octanol–water partition coefficient (Wildman–Crippen LogP) is 2.20. The third kappa shape index (κ3) is 2.46. The minimum absolute atomic E-state index is 0.223. The van der Waals surface area contributed by atoms with E-state index in [-0.39, 0.29) is 5.82 Å². The Morgan fingerprint density at radius 2 is 2.50 bits per heavy atom. The number of rotatable bonds is 3. The normalized spacial score (nSPS) is 8.93. The van der Waals surface area contributed by atoms with Crippen LogP contribution in [-0.4, -0.2) is 17.6 Å². The van der Waals surface area contributed by atoms with E-state index in [0.717, 1.165) is 0 Å². The number of carbonyl (C=O) groups is 1. The van der Waals surface area contributed by atoms with E-state index in [2.05, 4.69) is 15.0 Å². The van der Waals surface area contributed by atoms with Crippen LogP contribution < -0.4 is 0 Å². The molecular weight excluding hydrogens is 184 g/mol. The molecule has 0 atom stereocenters. The van der Waals surface area contributed by atoms with Crippen molar-refractivity contribution < 1.29 is 9.53 Å². The summed E-state index contributed by atoms with van der Waals surface area (Å²) in [5.74, 6) is -0.215. The topological polar surface area (TPSA) is 88.0 Å². The minimum Gasteiger partial charge on any atom is -0.462 e. The number of aromatic nitrogens is 1. The lowest BCUT2D eigenvalue weighted by Gasteiger charge is -2.00. The molecule has 0 aromatic carbocycles. The quantitative estimate of drug-likeness (QED) is 0.318. The van der Waals surface area contributed by atoms with Gasteiger partial charge in [0.15, 0.2) is 0 Å². The van der Waals surface area contributed by atoms with Crippen LogP contribution in [-0.2, 0) is 4.74 Å². The van der Waals surface area contributed by atoms with Crippen molar-refractivity contribution in [1.29, 1.82) is 0 Å². The number of hydrogen-bond acceptors (Lipinski definition) is 4. The van der Waals surface area contributed by atoms with Crippen LogP contribution in [0.2, 0.25) is 0 Å². The molecule has 0 aliphatic carbocycles. The molecule has 0 fully saturated rings. The summed E-state index contributed by atoms with van der Waals surface area (Å²) in [5.41, 5.74) is 8.45. The first-order valence-electron chi connectivity index (χ1n) is 3.96. The lowest BCUT2D eigenvalue weighted by atomic mass is 10.3. The van der Waals surface area contributed by atoms with Gasteiger partial charge in [0.25, 0.3) is 0 Å². The second-order valence-electron chi connectivity index (χ2n) is 2.31. The van der Waals surface area contributed by atoms with Crippen LogP contribution in [0.15, 0.2) is 23.4 Å². The van der Waals surface area contributed by atoms with Gasteiger partial charge in [-0.3, -0.25) is 4.98 Å². The zero-order valence-corrected chi connectivity index (χ0v) is 7.54. The summed E-state index contributed by atoms with van der Waals surface area (Å²) in [6, 6.07) is 2.95. The molecule has 1 aromatic heterocycles. The number of pyridine rings is 1. The first-order chi connectivity index (χ1) is 6.77. The van der Waals surface area contributed by atoms with Gasteiger partial charge in [-0.15, -0.1) is 0 Å².